The fraction of sp³-hybridized carbons (Fsp3) is 0.769. The number of carbonyl (C=O) groups is 1. The van der Waals surface area contributed by atoms with Crippen LogP contribution in [0.25, 0.3) is 0 Å². The van der Waals surface area contributed by atoms with Crippen molar-refractivity contribution in [2.24, 2.45) is 0 Å². The van der Waals surface area contributed by atoms with Crippen LogP contribution in [-0.2, 0) is 4.79 Å². The zero-order valence-corrected chi connectivity index (χ0v) is 11.0. The maximum atomic E-state index is 11.3. The van der Waals surface area contributed by atoms with Crippen LogP contribution >= 0.6 is 0 Å². The van der Waals surface area contributed by atoms with E-state index in [2.05, 4.69) is 44.1 Å². The van der Waals surface area contributed by atoms with Crippen molar-refractivity contribution < 1.29 is 4.79 Å². The summed E-state index contributed by atoms with van der Waals surface area (Å²) in [6.07, 6.45) is 1.42. The first-order valence-electron chi connectivity index (χ1n) is 5.99. The lowest BCUT2D eigenvalue weighted by molar-refractivity contribution is -0.116. The van der Waals surface area contributed by atoms with Crippen LogP contribution in [0.15, 0.2) is 12.7 Å². The molecule has 16 heavy (non-hydrogen) atoms. The molecule has 1 atom stereocenters. The van der Waals surface area contributed by atoms with Gasteiger partial charge in [0.25, 0.3) is 0 Å². The Morgan fingerprint density at radius 1 is 1.44 bits per heavy atom. The van der Waals surface area contributed by atoms with Crippen molar-refractivity contribution in [2.45, 2.75) is 39.3 Å². The number of carbonyl (C=O) groups excluding carboxylic acids is 1. The highest BCUT2D eigenvalue weighted by Gasteiger charge is 2.31. The smallest absolute Gasteiger partial charge is 0.169 e. The third-order valence-corrected chi connectivity index (χ3v) is 3.18. The number of hydrogen-bond acceptors (Lipinski definition) is 3. The summed E-state index contributed by atoms with van der Waals surface area (Å²) < 4.78 is 0. The first kappa shape index (κ1) is 13.4. The summed E-state index contributed by atoms with van der Waals surface area (Å²) >= 11 is 0. The Labute approximate surface area is 99.1 Å². The molecule has 0 bridgehead atoms. The first-order valence-corrected chi connectivity index (χ1v) is 5.99. The van der Waals surface area contributed by atoms with Crippen molar-refractivity contribution in [3.8, 4) is 0 Å². The standard InChI is InChI=1S/C13H24N2O/c1-6-12(16)10-14-7-8-15(11(2)9-14)13(3,4)5/h6,11H,1,7-10H2,2-5H3. The summed E-state index contributed by atoms with van der Waals surface area (Å²) in [5, 5.41) is 0. The minimum atomic E-state index is 0.122. The van der Waals surface area contributed by atoms with E-state index >= 15 is 0 Å². The molecule has 0 saturated carbocycles. The SMILES string of the molecule is C=CC(=O)CN1CCN(C(C)(C)C)C(C)C1. The van der Waals surface area contributed by atoms with Crippen LogP contribution in [-0.4, -0.2) is 53.3 Å². The van der Waals surface area contributed by atoms with Gasteiger partial charge in [-0.3, -0.25) is 14.6 Å². The number of rotatable bonds is 3. The molecule has 0 aliphatic carbocycles. The van der Waals surface area contributed by atoms with E-state index in [1.807, 2.05) is 0 Å². The van der Waals surface area contributed by atoms with E-state index in [0.717, 1.165) is 19.6 Å². The normalized spacial score (nSPS) is 24.4. The van der Waals surface area contributed by atoms with Gasteiger partial charge in [0.05, 0.1) is 6.54 Å². The van der Waals surface area contributed by atoms with Crippen LogP contribution in [0, 0.1) is 0 Å². The Kier molecular flexibility index (Phi) is 4.28. The van der Waals surface area contributed by atoms with Crippen molar-refractivity contribution in [1.82, 2.24) is 9.80 Å². The van der Waals surface area contributed by atoms with Crippen LogP contribution in [0.3, 0.4) is 0 Å². The molecule has 0 aromatic heterocycles. The van der Waals surface area contributed by atoms with Crippen molar-refractivity contribution >= 4 is 5.78 Å². The third kappa shape index (κ3) is 3.42. The van der Waals surface area contributed by atoms with Crippen molar-refractivity contribution in [2.75, 3.05) is 26.2 Å². The zero-order chi connectivity index (χ0) is 12.3. The van der Waals surface area contributed by atoms with Gasteiger partial charge in [-0.1, -0.05) is 6.58 Å². The summed E-state index contributed by atoms with van der Waals surface area (Å²) in [6.45, 7) is 16.0. The summed E-state index contributed by atoms with van der Waals surface area (Å²) in [4.78, 5) is 16.0. The Hall–Kier alpha value is -0.670. The molecular formula is C13H24N2O. The average Bonchev–Trinajstić information content (AvgIpc) is 2.15. The zero-order valence-electron chi connectivity index (χ0n) is 11.0. The van der Waals surface area contributed by atoms with E-state index < -0.39 is 0 Å². The van der Waals surface area contributed by atoms with Crippen molar-refractivity contribution in [1.29, 1.82) is 0 Å². The Balaban J connectivity index is 2.52. The van der Waals surface area contributed by atoms with Gasteiger partial charge in [0.1, 0.15) is 0 Å². The highest BCUT2D eigenvalue weighted by atomic mass is 16.1. The van der Waals surface area contributed by atoms with Gasteiger partial charge >= 0.3 is 0 Å². The van der Waals surface area contributed by atoms with Gasteiger partial charge in [-0.15, -0.1) is 0 Å². The number of piperazine rings is 1. The predicted octanol–water partition coefficient (Wildman–Crippen LogP) is 1.55. The fourth-order valence-corrected chi connectivity index (χ4v) is 2.46. The minimum absolute atomic E-state index is 0.122. The molecule has 0 radical (unpaired) electrons. The molecule has 1 aliphatic heterocycles. The van der Waals surface area contributed by atoms with E-state index in [4.69, 9.17) is 0 Å². The molecule has 1 unspecified atom stereocenters. The molecule has 3 heteroatoms. The first-order chi connectivity index (χ1) is 7.34. The van der Waals surface area contributed by atoms with Crippen LogP contribution in [0.5, 0.6) is 0 Å². The van der Waals surface area contributed by atoms with E-state index in [1.165, 1.54) is 6.08 Å². The van der Waals surface area contributed by atoms with Crippen LogP contribution in [0.4, 0.5) is 0 Å². The lowest BCUT2D eigenvalue weighted by atomic mass is 10.0. The maximum Gasteiger partial charge on any atom is 0.169 e. The quantitative estimate of drug-likeness (QED) is 0.680. The molecule has 0 spiro atoms. The average molecular weight is 224 g/mol. The van der Waals surface area contributed by atoms with Gasteiger partial charge in [0, 0.05) is 31.2 Å². The lowest BCUT2D eigenvalue weighted by Gasteiger charge is -2.46. The Morgan fingerprint density at radius 3 is 2.50 bits per heavy atom. The molecule has 1 heterocycles. The summed E-state index contributed by atoms with van der Waals surface area (Å²) in [7, 11) is 0. The monoisotopic (exact) mass is 224 g/mol. The van der Waals surface area contributed by atoms with E-state index in [1.54, 1.807) is 0 Å². The van der Waals surface area contributed by atoms with Gasteiger partial charge in [-0.2, -0.15) is 0 Å². The molecule has 0 aromatic carbocycles. The van der Waals surface area contributed by atoms with E-state index in [0.29, 0.717) is 12.6 Å². The highest BCUT2D eigenvalue weighted by molar-refractivity contribution is 5.90. The molecule has 0 amide bonds. The second-order valence-electron chi connectivity index (χ2n) is 5.62. The Morgan fingerprint density at radius 2 is 2.06 bits per heavy atom. The molecule has 1 aliphatic rings. The molecule has 0 aromatic rings. The maximum absolute atomic E-state index is 11.3. The van der Waals surface area contributed by atoms with Crippen molar-refractivity contribution in [3.05, 3.63) is 12.7 Å². The largest absolute Gasteiger partial charge is 0.293 e. The number of ketones is 1. The Bertz CT molecular complexity index is 268. The predicted molar refractivity (Wildman–Crippen MR) is 67.6 cm³/mol. The topological polar surface area (TPSA) is 23.6 Å². The lowest BCUT2D eigenvalue weighted by Crippen LogP contribution is -2.58. The number of hydrogen-bond donors (Lipinski definition) is 0. The van der Waals surface area contributed by atoms with Crippen LogP contribution < -0.4 is 0 Å². The van der Waals surface area contributed by atoms with Gasteiger partial charge in [-0.25, -0.2) is 0 Å². The third-order valence-electron chi connectivity index (χ3n) is 3.18. The molecule has 1 saturated heterocycles. The summed E-state index contributed by atoms with van der Waals surface area (Å²) in [5.74, 6) is 0.122. The summed E-state index contributed by atoms with van der Waals surface area (Å²) in [6, 6.07) is 0.506. The molecule has 1 rings (SSSR count). The van der Waals surface area contributed by atoms with Crippen LogP contribution in [0.2, 0.25) is 0 Å². The van der Waals surface area contributed by atoms with Gasteiger partial charge in [0.2, 0.25) is 0 Å². The van der Waals surface area contributed by atoms with Gasteiger partial charge in [-0.05, 0) is 33.8 Å². The van der Waals surface area contributed by atoms with Crippen molar-refractivity contribution in [3.63, 3.8) is 0 Å². The van der Waals surface area contributed by atoms with Crippen LogP contribution in [0.1, 0.15) is 27.7 Å². The van der Waals surface area contributed by atoms with Gasteiger partial charge < -0.3 is 0 Å². The molecule has 3 nitrogen and oxygen atoms in total. The molecular weight excluding hydrogens is 200 g/mol. The second kappa shape index (κ2) is 5.11. The molecule has 92 valence electrons. The number of nitrogens with zero attached hydrogens (tertiary/aromatic N) is 2. The summed E-state index contributed by atoms with van der Waals surface area (Å²) in [5.41, 5.74) is 0.216. The van der Waals surface area contributed by atoms with Gasteiger partial charge in [0.15, 0.2) is 5.78 Å². The van der Waals surface area contributed by atoms with E-state index in [-0.39, 0.29) is 11.3 Å². The second-order valence-corrected chi connectivity index (χ2v) is 5.62. The highest BCUT2D eigenvalue weighted by Crippen LogP contribution is 2.20. The molecule has 0 N–H and O–H groups in total. The van der Waals surface area contributed by atoms with E-state index in [9.17, 15) is 4.79 Å². The fourth-order valence-electron chi connectivity index (χ4n) is 2.46. The minimum Gasteiger partial charge on any atom is -0.293 e. The molecule has 1 fully saturated rings.